The fourth-order valence-corrected chi connectivity index (χ4v) is 1.98. The predicted molar refractivity (Wildman–Crippen MR) is 67.0 cm³/mol. The summed E-state index contributed by atoms with van der Waals surface area (Å²) in [7, 11) is 0. The molecule has 1 aromatic carbocycles. The quantitative estimate of drug-likeness (QED) is 0.880. The van der Waals surface area contributed by atoms with E-state index in [1.54, 1.807) is 6.92 Å². The van der Waals surface area contributed by atoms with Crippen LogP contribution in [0.3, 0.4) is 0 Å². The number of aryl methyl sites for hydroxylation is 1. The number of hydrogen-bond acceptors (Lipinski definition) is 2. The molecule has 88 valence electrons. The van der Waals surface area contributed by atoms with Crippen molar-refractivity contribution in [3.05, 3.63) is 41.6 Å². The van der Waals surface area contributed by atoms with Crippen LogP contribution < -0.4 is 0 Å². The summed E-state index contributed by atoms with van der Waals surface area (Å²) in [5.41, 5.74) is 2.92. The first-order valence-corrected chi connectivity index (χ1v) is 5.66. The average Bonchev–Trinajstić information content (AvgIpc) is 2.28. The number of carbonyl (C=O) groups is 1. The van der Waals surface area contributed by atoms with Crippen LogP contribution >= 0.6 is 0 Å². The number of benzene rings is 1. The van der Waals surface area contributed by atoms with Crippen molar-refractivity contribution in [3.63, 3.8) is 0 Å². The highest BCUT2D eigenvalue weighted by molar-refractivity contribution is 5.83. The molecule has 1 aromatic heterocycles. The minimum atomic E-state index is -0.761. The Morgan fingerprint density at radius 2 is 2.12 bits per heavy atom. The molecule has 2 aromatic rings. The summed E-state index contributed by atoms with van der Waals surface area (Å²) < 4.78 is 0. The second-order valence-corrected chi connectivity index (χ2v) is 4.38. The molecule has 17 heavy (non-hydrogen) atoms. The third-order valence-corrected chi connectivity index (χ3v) is 2.88. The zero-order valence-electron chi connectivity index (χ0n) is 9.97. The molecule has 1 unspecified atom stereocenters. The average molecular weight is 229 g/mol. The Bertz CT molecular complexity index is 563. The monoisotopic (exact) mass is 229 g/mol. The van der Waals surface area contributed by atoms with E-state index in [1.807, 2.05) is 37.3 Å². The Hall–Kier alpha value is -1.90. The molecule has 0 saturated heterocycles. The zero-order chi connectivity index (χ0) is 12.4. The second kappa shape index (κ2) is 4.53. The highest BCUT2D eigenvalue weighted by atomic mass is 16.4. The molecule has 0 bridgehead atoms. The molecule has 2 rings (SSSR count). The number of fused-ring (bicyclic) bond motifs is 1. The van der Waals surface area contributed by atoms with Gasteiger partial charge in [-0.3, -0.25) is 9.78 Å². The van der Waals surface area contributed by atoms with Crippen molar-refractivity contribution < 1.29 is 9.90 Å². The Balaban J connectivity index is 2.49. The van der Waals surface area contributed by atoms with Crippen LogP contribution in [-0.4, -0.2) is 16.1 Å². The van der Waals surface area contributed by atoms with Gasteiger partial charge in [0.1, 0.15) is 0 Å². The molecular formula is C14H15NO2. The van der Waals surface area contributed by atoms with Gasteiger partial charge in [-0.1, -0.05) is 25.1 Å². The summed E-state index contributed by atoms with van der Waals surface area (Å²) in [5.74, 6) is -1.14. The van der Waals surface area contributed by atoms with Crippen LogP contribution in [0, 0.1) is 12.8 Å². The highest BCUT2D eigenvalue weighted by Crippen LogP contribution is 2.21. The molecule has 0 fully saturated rings. The molecular weight excluding hydrogens is 214 g/mol. The van der Waals surface area contributed by atoms with E-state index in [1.165, 1.54) is 0 Å². The van der Waals surface area contributed by atoms with Gasteiger partial charge < -0.3 is 5.11 Å². The van der Waals surface area contributed by atoms with Crippen molar-refractivity contribution in [2.75, 3.05) is 0 Å². The first-order valence-electron chi connectivity index (χ1n) is 5.66. The summed E-state index contributed by atoms with van der Waals surface area (Å²) in [6.07, 6.45) is 0.541. The van der Waals surface area contributed by atoms with E-state index in [4.69, 9.17) is 5.11 Å². The van der Waals surface area contributed by atoms with Crippen molar-refractivity contribution in [2.24, 2.45) is 5.92 Å². The predicted octanol–water partition coefficient (Wildman–Crippen LogP) is 2.81. The fourth-order valence-electron chi connectivity index (χ4n) is 1.98. The molecule has 1 heterocycles. The number of nitrogens with zero attached hydrogens (tertiary/aromatic N) is 1. The lowest BCUT2D eigenvalue weighted by Gasteiger charge is -2.10. The normalized spacial score (nSPS) is 12.6. The maximum Gasteiger partial charge on any atom is 0.306 e. The zero-order valence-corrected chi connectivity index (χ0v) is 9.97. The molecule has 1 atom stereocenters. The summed E-state index contributed by atoms with van der Waals surface area (Å²) >= 11 is 0. The molecule has 0 aliphatic rings. The second-order valence-electron chi connectivity index (χ2n) is 4.38. The van der Waals surface area contributed by atoms with Crippen LogP contribution in [0.25, 0.3) is 10.9 Å². The van der Waals surface area contributed by atoms with Crippen LogP contribution in [0.5, 0.6) is 0 Å². The molecule has 0 spiro atoms. The Morgan fingerprint density at radius 3 is 2.82 bits per heavy atom. The Morgan fingerprint density at radius 1 is 1.41 bits per heavy atom. The lowest BCUT2D eigenvalue weighted by Crippen LogP contribution is -2.12. The number of carboxylic acid groups (broad SMARTS) is 1. The summed E-state index contributed by atoms with van der Waals surface area (Å²) in [4.78, 5) is 15.4. The molecule has 0 aliphatic heterocycles. The van der Waals surface area contributed by atoms with Gasteiger partial charge in [0.25, 0.3) is 0 Å². The Labute approximate surface area is 100 Å². The maximum atomic E-state index is 10.9. The van der Waals surface area contributed by atoms with Crippen molar-refractivity contribution >= 4 is 16.9 Å². The molecule has 0 aliphatic carbocycles. The number of aromatic nitrogens is 1. The topological polar surface area (TPSA) is 50.2 Å². The number of aliphatic carboxylic acids is 1. The van der Waals surface area contributed by atoms with E-state index in [2.05, 4.69) is 4.98 Å². The standard InChI is InChI=1S/C14H15NO2/c1-9(14(16)17)7-11-8-10(2)15-13-6-4-3-5-12(11)13/h3-6,8-9H,7H2,1-2H3,(H,16,17). The summed E-state index contributed by atoms with van der Waals surface area (Å²) in [6, 6.07) is 9.82. The molecule has 0 saturated carbocycles. The van der Waals surface area contributed by atoms with Crippen molar-refractivity contribution in [1.82, 2.24) is 4.98 Å². The minimum Gasteiger partial charge on any atom is -0.481 e. The number of hydrogen-bond donors (Lipinski definition) is 1. The van der Waals surface area contributed by atoms with Crippen LogP contribution in [0.4, 0.5) is 0 Å². The lowest BCUT2D eigenvalue weighted by atomic mass is 9.97. The summed E-state index contributed by atoms with van der Waals surface area (Å²) in [5, 5.41) is 10.0. The first-order chi connectivity index (χ1) is 8.08. The molecule has 3 heteroatoms. The lowest BCUT2D eigenvalue weighted by molar-refractivity contribution is -0.141. The number of carboxylic acids is 1. The van der Waals surface area contributed by atoms with Crippen LogP contribution in [-0.2, 0) is 11.2 Å². The highest BCUT2D eigenvalue weighted by Gasteiger charge is 2.13. The van der Waals surface area contributed by atoms with E-state index in [9.17, 15) is 4.79 Å². The number of pyridine rings is 1. The van der Waals surface area contributed by atoms with Gasteiger partial charge in [0.05, 0.1) is 11.4 Å². The van der Waals surface area contributed by atoms with E-state index < -0.39 is 5.97 Å². The van der Waals surface area contributed by atoms with Crippen molar-refractivity contribution in [2.45, 2.75) is 20.3 Å². The number of para-hydroxylation sites is 1. The molecule has 3 nitrogen and oxygen atoms in total. The third kappa shape index (κ3) is 2.44. The fraction of sp³-hybridized carbons (Fsp3) is 0.286. The van der Waals surface area contributed by atoms with Crippen LogP contribution in [0.15, 0.2) is 30.3 Å². The van der Waals surface area contributed by atoms with Crippen molar-refractivity contribution in [1.29, 1.82) is 0 Å². The molecule has 1 N–H and O–H groups in total. The van der Waals surface area contributed by atoms with Gasteiger partial charge in [0, 0.05) is 11.1 Å². The van der Waals surface area contributed by atoms with Gasteiger partial charge >= 0.3 is 5.97 Å². The summed E-state index contributed by atoms with van der Waals surface area (Å²) in [6.45, 7) is 3.66. The largest absolute Gasteiger partial charge is 0.481 e. The van der Waals surface area contributed by atoms with Crippen LogP contribution in [0.2, 0.25) is 0 Å². The van der Waals surface area contributed by atoms with Crippen LogP contribution in [0.1, 0.15) is 18.2 Å². The van der Waals surface area contributed by atoms with Gasteiger partial charge in [0.15, 0.2) is 0 Å². The smallest absolute Gasteiger partial charge is 0.306 e. The SMILES string of the molecule is Cc1cc(CC(C)C(=O)O)c2ccccc2n1. The van der Waals surface area contributed by atoms with Gasteiger partial charge in [-0.2, -0.15) is 0 Å². The van der Waals surface area contributed by atoms with Gasteiger partial charge in [-0.05, 0) is 31.0 Å². The van der Waals surface area contributed by atoms with Gasteiger partial charge in [-0.15, -0.1) is 0 Å². The van der Waals surface area contributed by atoms with Crippen molar-refractivity contribution in [3.8, 4) is 0 Å². The van der Waals surface area contributed by atoms with E-state index in [-0.39, 0.29) is 5.92 Å². The Kier molecular flexibility index (Phi) is 3.09. The number of rotatable bonds is 3. The first kappa shape index (κ1) is 11.6. The van der Waals surface area contributed by atoms with E-state index >= 15 is 0 Å². The van der Waals surface area contributed by atoms with Gasteiger partial charge in [0.2, 0.25) is 0 Å². The maximum absolute atomic E-state index is 10.9. The van der Waals surface area contributed by atoms with E-state index in [0.29, 0.717) is 6.42 Å². The van der Waals surface area contributed by atoms with Gasteiger partial charge in [-0.25, -0.2) is 0 Å². The molecule has 0 radical (unpaired) electrons. The van der Waals surface area contributed by atoms with E-state index in [0.717, 1.165) is 22.2 Å². The third-order valence-electron chi connectivity index (χ3n) is 2.88. The molecule has 0 amide bonds. The minimum absolute atomic E-state index is 0.375.